The van der Waals surface area contributed by atoms with Crippen molar-refractivity contribution in [3.05, 3.63) is 53.4 Å². The second kappa shape index (κ2) is 4.68. The molecule has 0 saturated heterocycles. The molecule has 0 aliphatic rings. The molecule has 18 heavy (non-hydrogen) atoms. The van der Waals surface area contributed by atoms with E-state index in [1.54, 1.807) is 0 Å². The summed E-state index contributed by atoms with van der Waals surface area (Å²) in [6.45, 7) is 3.71. The molecular formula is C13H12F2N2O. The normalized spacial score (nSPS) is 10.9. The minimum Gasteiger partial charge on any atom is -0.287 e. The van der Waals surface area contributed by atoms with Crippen molar-refractivity contribution in [1.29, 1.82) is 0 Å². The van der Waals surface area contributed by atoms with E-state index in [1.807, 2.05) is 13.8 Å². The van der Waals surface area contributed by atoms with Gasteiger partial charge in [-0.05, 0) is 32.0 Å². The van der Waals surface area contributed by atoms with Crippen LogP contribution in [0.4, 0.5) is 8.78 Å². The van der Waals surface area contributed by atoms with Crippen molar-refractivity contribution in [3.8, 4) is 0 Å². The lowest BCUT2D eigenvalue weighted by Gasteiger charge is -2.10. The summed E-state index contributed by atoms with van der Waals surface area (Å²) in [6.07, 6.45) is 1.46. The first-order valence-corrected chi connectivity index (χ1v) is 5.54. The Kier molecular flexibility index (Phi) is 3.23. The summed E-state index contributed by atoms with van der Waals surface area (Å²) < 4.78 is 28.1. The average Bonchev–Trinajstić information content (AvgIpc) is 2.81. The summed E-state index contributed by atoms with van der Waals surface area (Å²) in [4.78, 5) is 12.1. The Morgan fingerprint density at radius 2 is 2.00 bits per heavy atom. The van der Waals surface area contributed by atoms with E-state index in [4.69, 9.17) is 0 Å². The number of aromatic nitrogens is 2. The molecule has 0 aliphatic carbocycles. The molecule has 0 radical (unpaired) electrons. The molecule has 0 N–H and O–H groups in total. The zero-order chi connectivity index (χ0) is 13.3. The van der Waals surface area contributed by atoms with Crippen LogP contribution in [-0.2, 0) is 0 Å². The van der Waals surface area contributed by atoms with E-state index in [1.165, 1.54) is 29.1 Å². The molecule has 1 aromatic carbocycles. The maximum absolute atomic E-state index is 13.6. The lowest BCUT2D eigenvalue weighted by atomic mass is 10.1. The molecule has 1 heterocycles. The summed E-state index contributed by atoms with van der Waals surface area (Å²) in [5, 5.41) is 3.99. The van der Waals surface area contributed by atoms with Crippen LogP contribution < -0.4 is 0 Å². The average molecular weight is 250 g/mol. The molecule has 0 atom stereocenters. The van der Waals surface area contributed by atoms with Gasteiger partial charge >= 0.3 is 0 Å². The van der Waals surface area contributed by atoms with Crippen LogP contribution >= 0.6 is 0 Å². The van der Waals surface area contributed by atoms with E-state index in [0.717, 1.165) is 6.07 Å². The van der Waals surface area contributed by atoms with Crippen molar-refractivity contribution in [1.82, 2.24) is 9.78 Å². The van der Waals surface area contributed by atoms with Crippen LogP contribution in [0.5, 0.6) is 0 Å². The Morgan fingerprint density at radius 1 is 1.28 bits per heavy atom. The molecule has 94 valence electrons. The van der Waals surface area contributed by atoms with Crippen LogP contribution in [-0.4, -0.2) is 15.6 Å². The third-order valence-electron chi connectivity index (χ3n) is 2.59. The van der Waals surface area contributed by atoms with Gasteiger partial charge in [0, 0.05) is 12.2 Å². The van der Waals surface area contributed by atoms with Crippen LogP contribution in [0.1, 0.15) is 35.9 Å². The molecule has 0 unspecified atom stereocenters. The summed E-state index contributed by atoms with van der Waals surface area (Å²) in [6, 6.07) is 5.01. The number of carbonyl (C=O) groups excluding carboxylic acids is 1. The molecule has 2 rings (SSSR count). The first-order chi connectivity index (χ1) is 8.52. The van der Waals surface area contributed by atoms with E-state index >= 15 is 0 Å². The van der Waals surface area contributed by atoms with Gasteiger partial charge in [-0.1, -0.05) is 6.07 Å². The minimum atomic E-state index is -1.13. The third-order valence-corrected chi connectivity index (χ3v) is 2.59. The first kappa shape index (κ1) is 12.4. The number of benzene rings is 1. The maximum Gasteiger partial charge on any atom is 0.214 e. The van der Waals surface area contributed by atoms with Gasteiger partial charge < -0.3 is 0 Å². The fraction of sp³-hybridized carbons (Fsp3) is 0.231. The van der Waals surface area contributed by atoms with Crippen molar-refractivity contribution < 1.29 is 13.6 Å². The smallest absolute Gasteiger partial charge is 0.214 e. The number of hydrogen-bond acceptors (Lipinski definition) is 2. The standard InChI is InChI=1S/C13H12F2N2O/c1-8(2)17-11(6-7-16-17)13(18)9-4-3-5-10(14)12(9)15/h3-8H,1-2H3. The van der Waals surface area contributed by atoms with Crippen molar-refractivity contribution >= 4 is 5.78 Å². The number of nitrogens with zero attached hydrogens (tertiary/aromatic N) is 2. The van der Waals surface area contributed by atoms with Gasteiger partial charge in [0.1, 0.15) is 5.69 Å². The second-order valence-corrected chi connectivity index (χ2v) is 4.19. The molecule has 0 fully saturated rings. The molecule has 0 bridgehead atoms. The van der Waals surface area contributed by atoms with E-state index in [0.29, 0.717) is 0 Å². The zero-order valence-electron chi connectivity index (χ0n) is 10.0. The highest BCUT2D eigenvalue weighted by Crippen LogP contribution is 2.17. The SMILES string of the molecule is CC(C)n1nccc1C(=O)c1cccc(F)c1F. The van der Waals surface area contributed by atoms with Gasteiger partial charge in [-0.2, -0.15) is 5.10 Å². The molecule has 5 heteroatoms. The molecule has 2 aromatic rings. The second-order valence-electron chi connectivity index (χ2n) is 4.19. The summed E-state index contributed by atoms with van der Waals surface area (Å²) in [7, 11) is 0. The Labute approximate surface area is 103 Å². The van der Waals surface area contributed by atoms with Crippen molar-refractivity contribution in [3.63, 3.8) is 0 Å². The summed E-state index contributed by atoms with van der Waals surface area (Å²) in [5.41, 5.74) is -0.0353. The number of rotatable bonds is 3. The highest BCUT2D eigenvalue weighted by atomic mass is 19.2. The quantitative estimate of drug-likeness (QED) is 0.785. The number of hydrogen-bond donors (Lipinski definition) is 0. The van der Waals surface area contributed by atoms with Crippen LogP contribution in [0.3, 0.4) is 0 Å². The lowest BCUT2D eigenvalue weighted by molar-refractivity contribution is 0.102. The summed E-state index contributed by atoms with van der Waals surface area (Å²) in [5.74, 6) is -2.73. The monoisotopic (exact) mass is 250 g/mol. The van der Waals surface area contributed by atoms with Crippen molar-refractivity contribution in [2.75, 3.05) is 0 Å². The Hall–Kier alpha value is -2.04. The van der Waals surface area contributed by atoms with Gasteiger partial charge in [0.05, 0.1) is 5.56 Å². The van der Waals surface area contributed by atoms with Gasteiger partial charge in [0.15, 0.2) is 11.6 Å². The Morgan fingerprint density at radius 3 is 2.67 bits per heavy atom. The molecule has 1 aromatic heterocycles. The Bertz CT molecular complexity index is 590. The highest BCUT2D eigenvalue weighted by Gasteiger charge is 2.20. The fourth-order valence-corrected chi connectivity index (χ4v) is 1.72. The number of ketones is 1. The molecule has 0 amide bonds. The van der Waals surface area contributed by atoms with Crippen molar-refractivity contribution in [2.24, 2.45) is 0 Å². The minimum absolute atomic E-state index is 0.0319. The molecule has 0 saturated carbocycles. The topological polar surface area (TPSA) is 34.9 Å². The maximum atomic E-state index is 13.6. The molecule has 3 nitrogen and oxygen atoms in total. The number of carbonyl (C=O) groups is 1. The van der Waals surface area contributed by atoms with Crippen molar-refractivity contribution in [2.45, 2.75) is 19.9 Å². The molecule has 0 spiro atoms. The van der Waals surface area contributed by atoms with Gasteiger partial charge in [0.2, 0.25) is 5.78 Å². The zero-order valence-corrected chi connectivity index (χ0v) is 10.0. The molecular weight excluding hydrogens is 238 g/mol. The van der Waals surface area contributed by atoms with Crippen LogP contribution in [0.25, 0.3) is 0 Å². The predicted octanol–water partition coefficient (Wildman–Crippen LogP) is 2.97. The highest BCUT2D eigenvalue weighted by molar-refractivity contribution is 6.08. The van der Waals surface area contributed by atoms with E-state index in [2.05, 4.69) is 5.10 Å². The predicted molar refractivity (Wildman–Crippen MR) is 62.4 cm³/mol. The summed E-state index contributed by atoms with van der Waals surface area (Å²) >= 11 is 0. The van der Waals surface area contributed by atoms with Gasteiger partial charge in [-0.25, -0.2) is 8.78 Å². The fourth-order valence-electron chi connectivity index (χ4n) is 1.72. The largest absolute Gasteiger partial charge is 0.287 e. The first-order valence-electron chi connectivity index (χ1n) is 5.54. The van der Waals surface area contributed by atoms with Gasteiger partial charge in [-0.3, -0.25) is 9.48 Å². The van der Waals surface area contributed by atoms with Gasteiger partial charge in [0.25, 0.3) is 0 Å². The van der Waals surface area contributed by atoms with E-state index in [9.17, 15) is 13.6 Å². The van der Waals surface area contributed by atoms with Crippen LogP contribution in [0, 0.1) is 11.6 Å². The van der Waals surface area contributed by atoms with Crippen LogP contribution in [0.2, 0.25) is 0 Å². The Balaban J connectivity index is 2.49. The van der Waals surface area contributed by atoms with Gasteiger partial charge in [-0.15, -0.1) is 0 Å². The van der Waals surface area contributed by atoms with E-state index < -0.39 is 17.4 Å². The third kappa shape index (κ3) is 2.03. The van der Waals surface area contributed by atoms with Crippen LogP contribution in [0.15, 0.2) is 30.5 Å². The van der Waals surface area contributed by atoms with E-state index in [-0.39, 0.29) is 17.3 Å². The lowest BCUT2D eigenvalue weighted by Crippen LogP contribution is -2.14. The molecule has 0 aliphatic heterocycles. The number of halogens is 2.